The summed E-state index contributed by atoms with van der Waals surface area (Å²) in [6, 6.07) is 19.9. The zero-order chi connectivity index (χ0) is 22.3. The molecule has 7 nitrogen and oxygen atoms in total. The summed E-state index contributed by atoms with van der Waals surface area (Å²) in [6.07, 6.45) is 4.88. The molecule has 0 saturated heterocycles. The molecule has 0 aliphatic heterocycles. The Morgan fingerprint density at radius 3 is 2.81 bits per heavy atom. The van der Waals surface area contributed by atoms with Crippen molar-refractivity contribution >= 4 is 38.8 Å². The zero-order valence-electron chi connectivity index (χ0n) is 17.4. The second-order valence-corrected chi connectivity index (χ2v) is 7.90. The fourth-order valence-corrected chi connectivity index (χ4v) is 3.57. The molecule has 4 aromatic rings. The van der Waals surface area contributed by atoms with E-state index in [2.05, 4.69) is 55.8 Å². The van der Waals surface area contributed by atoms with E-state index in [1.807, 2.05) is 30.3 Å². The molecule has 0 aliphatic carbocycles. The van der Waals surface area contributed by atoms with Crippen LogP contribution >= 0.6 is 15.9 Å². The van der Waals surface area contributed by atoms with Crippen molar-refractivity contribution in [2.45, 2.75) is 13.2 Å². The third-order valence-corrected chi connectivity index (χ3v) is 5.17. The number of benzene rings is 3. The van der Waals surface area contributed by atoms with E-state index in [1.54, 1.807) is 31.8 Å². The first-order valence-corrected chi connectivity index (χ1v) is 10.7. The lowest BCUT2D eigenvalue weighted by atomic mass is 10.1. The minimum absolute atomic E-state index is 0.0766. The molecule has 3 aromatic carbocycles. The smallest absolute Gasteiger partial charge is 0.261 e. The molecule has 8 heteroatoms. The normalized spacial score (nSPS) is 11.1. The Hall–Kier alpha value is -3.65. The van der Waals surface area contributed by atoms with Crippen LogP contribution in [0, 0.1) is 0 Å². The lowest BCUT2D eigenvalue weighted by molar-refractivity contribution is -0.121. The highest BCUT2D eigenvalue weighted by Crippen LogP contribution is 2.29. The SMILES string of the molecule is COc1cc(/C=N\NC(=O)Cn2cc(Br)cn2)ccc1OCc1cccc2ccccc12. The van der Waals surface area contributed by atoms with Crippen molar-refractivity contribution in [1.29, 1.82) is 0 Å². The molecule has 1 aromatic heterocycles. The summed E-state index contributed by atoms with van der Waals surface area (Å²) in [5.41, 5.74) is 4.35. The van der Waals surface area contributed by atoms with E-state index in [0.29, 0.717) is 18.1 Å². The van der Waals surface area contributed by atoms with Crippen molar-refractivity contribution in [3.63, 3.8) is 0 Å². The highest BCUT2D eigenvalue weighted by Gasteiger charge is 2.08. The number of fused-ring (bicyclic) bond motifs is 1. The molecule has 4 rings (SSSR count). The van der Waals surface area contributed by atoms with Crippen LogP contribution in [0.1, 0.15) is 11.1 Å². The average Bonchev–Trinajstić information content (AvgIpc) is 3.22. The molecule has 1 amide bonds. The van der Waals surface area contributed by atoms with Gasteiger partial charge in [0.25, 0.3) is 5.91 Å². The Bertz CT molecular complexity index is 1260. The number of carbonyl (C=O) groups is 1. The monoisotopic (exact) mass is 492 g/mol. The number of hydrazone groups is 1. The number of ether oxygens (including phenoxy) is 2. The molecule has 1 heterocycles. The molecule has 0 spiro atoms. The first-order chi connectivity index (χ1) is 15.6. The maximum atomic E-state index is 12.0. The summed E-state index contributed by atoms with van der Waals surface area (Å²) in [5.74, 6) is 0.937. The van der Waals surface area contributed by atoms with Crippen molar-refractivity contribution in [2.75, 3.05) is 7.11 Å². The Labute approximate surface area is 193 Å². The van der Waals surface area contributed by atoms with Crippen molar-refractivity contribution in [3.05, 3.63) is 88.7 Å². The lowest BCUT2D eigenvalue weighted by Gasteiger charge is -2.12. The summed E-state index contributed by atoms with van der Waals surface area (Å²) in [7, 11) is 1.59. The van der Waals surface area contributed by atoms with Gasteiger partial charge in [-0.2, -0.15) is 10.2 Å². The number of hydrogen-bond donors (Lipinski definition) is 1. The fraction of sp³-hybridized carbons (Fsp3) is 0.125. The molecule has 0 fully saturated rings. The largest absolute Gasteiger partial charge is 0.493 e. The van der Waals surface area contributed by atoms with Crippen LogP contribution in [0.5, 0.6) is 11.5 Å². The third-order valence-electron chi connectivity index (χ3n) is 4.76. The van der Waals surface area contributed by atoms with Crippen LogP contribution in [0.25, 0.3) is 10.8 Å². The molecule has 32 heavy (non-hydrogen) atoms. The van der Waals surface area contributed by atoms with Crippen LogP contribution in [0.15, 0.2) is 82.6 Å². The van der Waals surface area contributed by atoms with Gasteiger partial charge in [-0.25, -0.2) is 5.43 Å². The van der Waals surface area contributed by atoms with Gasteiger partial charge in [0.2, 0.25) is 0 Å². The third kappa shape index (κ3) is 5.33. The second kappa shape index (κ2) is 10.1. The summed E-state index contributed by atoms with van der Waals surface area (Å²) in [5, 5.41) is 10.4. The number of methoxy groups -OCH3 is 1. The van der Waals surface area contributed by atoms with E-state index in [4.69, 9.17) is 9.47 Å². The average molecular weight is 493 g/mol. The van der Waals surface area contributed by atoms with E-state index >= 15 is 0 Å². The second-order valence-electron chi connectivity index (χ2n) is 6.99. The van der Waals surface area contributed by atoms with Crippen molar-refractivity contribution in [1.82, 2.24) is 15.2 Å². The highest BCUT2D eigenvalue weighted by molar-refractivity contribution is 9.10. The molecular weight excluding hydrogens is 472 g/mol. The van der Waals surface area contributed by atoms with Crippen molar-refractivity contribution < 1.29 is 14.3 Å². The van der Waals surface area contributed by atoms with Gasteiger partial charge in [0.1, 0.15) is 13.2 Å². The van der Waals surface area contributed by atoms with Crippen LogP contribution in [0.3, 0.4) is 0 Å². The van der Waals surface area contributed by atoms with Crippen molar-refractivity contribution in [3.8, 4) is 11.5 Å². The van der Waals surface area contributed by atoms with Crippen LogP contribution in [0.4, 0.5) is 0 Å². The highest BCUT2D eigenvalue weighted by atomic mass is 79.9. The number of hydrogen-bond acceptors (Lipinski definition) is 5. The zero-order valence-corrected chi connectivity index (χ0v) is 19.0. The molecular formula is C24H21BrN4O3. The van der Waals surface area contributed by atoms with Crippen molar-refractivity contribution in [2.24, 2.45) is 5.10 Å². The van der Waals surface area contributed by atoms with Gasteiger partial charge >= 0.3 is 0 Å². The summed E-state index contributed by atoms with van der Waals surface area (Å²) >= 11 is 3.29. The Balaban J connectivity index is 1.39. The van der Waals surface area contributed by atoms with Gasteiger partial charge in [0, 0.05) is 6.20 Å². The number of halogens is 1. The van der Waals surface area contributed by atoms with Gasteiger partial charge < -0.3 is 9.47 Å². The van der Waals surface area contributed by atoms with Gasteiger partial charge in [-0.3, -0.25) is 9.48 Å². The summed E-state index contributed by atoms with van der Waals surface area (Å²) < 4.78 is 13.8. The number of carbonyl (C=O) groups excluding carboxylic acids is 1. The van der Waals surface area contributed by atoms with Crippen LogP contribution < -0.4 is 14.9 Å². The Morgan fingerprint density at radius 1 is 1.16 bits per heavy atom. The summed E-state index contributed by atoms with van der Waals surface area (Å²) in [4.78, 5) is 12.0. The van der Waals surface area contributed by atoms with E-state index in [9.17, 15) is 4.79 Å². The molecule has 0 radical (unpaired) electrons. The van der Waals surface area contributed by atoms with Gasteiger partial charge in [0.15, 0.2) is 11.5 Å². The first-order valence-electron chi connectivity index (χ1n) is 9.90. The quantitative estimate of drug-likeness (QED) is 0.289. The van der Waals surface area contributed by atoms with Crippen LogP contribution in [-0.4, -0.2) is 29.0 Å². The number of nitrogens with one attached hydrogen (secondary N) is 1. The lowest BCUT2D eigenvalue weighted by Crippen LogP contribution is -2.23. The molecule has 0 aliphatic rings. The topological polar surface area (TPSA) is 77.7 Å². The van der Waals surface area contributed by atoms with Gasteiger partial charge in [-0.05, 0) is 56.0 Å². The van der Waals surface area contributed by atoms with E-state index in [1.165, 1.54) is 10.1 Å². The van der Waals surface area contributed by atoms with Crippen LogP contribution in [-0.2, 0) is 17.9 Å². The Kier molecular flexibility index (Phi) is 6.81. The van der Waals surface area contributed by atoms with Crippen LogP contribution in [0.2, 0.25) is 0 Å². The predicted molar refractivity (Wildman–Crippen MR) is 127 cm³/mol. The van der Waals surface area contributed by atoms with Gasteiger partial charge in [0.05, 0.1) is 24.0 Å². The minimum atomic E-state index is -0.279. The van der Waals surface area contributed by atoms with E-state index in [0.717, 1.165) is 21.0 Å². The molecule has 162 valence electrons. The van der Waals surface area contributed by atoms with E-state index < -0.39 is 0 Å². The minimum Gasteiger partial charge on any atom is -0.493 e. The molecule has 0 saturated carbocycles. The molecule has 0 atom stereocenters. The number of aromatic nitrogens is 2. The number of rotatable bonds is 8. The van der Waals surface area contributed by atoms with Gasteiger partial charge in [-0.1, -0.05) is 42.5 Å². The molecule has 1 N–H and O–H groups in total. The predicted octanol–water partition coefficient (Wildman–Crippen LogP) is 4.54. The number of nitrogens with zero attached hydrogens (tertiary/aromatic N) is 3. The maximum absolute atomic E-state index is 12.0. The summed E-state index contributed by atoms with van der Waals surface area (Å²) in [6.45, 7) is 0.498. The molecule has 0 unspecified atom stereocenters. The fourth-order valence-electron chi connectivity index (χ4n) is 3.24. The number of amides is 1. The Morgan fingerprint density at radius 2 is 2.00 bits per heavy atom. The maximum Gasteiger partial charge on any atom is 0.261 e. The van der Waals surface area contributed by atoms with Gasteiger partial charge in [-0.15, -0.1) is 0 Å². The standard InChI is InChI=1S/C24H21BrN4O3/c1-31-23-11-17(12-26-28-24(30)15-29-14-20(25)13-27-29)9-10-22(23)32-16-19-7-4-6-18-5-2-3-8-21(18)19/h2-14H,15-16H2,1H3,(H,28,30)/b26-12-. The van der Waals surface area contributed by atoms with E-state index in [-0.39, 0.29) is 12.5 Å². The first kappa shape index (κ1) is 21.6. The molecule has 0 bridgehead atoms.